The second-order valence-corrected chi connectivity index (χ2v) is 8.33. The van der Waals surface area contributed by atoms with E-state index >= 15 is 0 Å². The molecule has 3 heterocycles. The third-order valence-electron chi connectivity index (χ3n) is 3.29. The monoisotopic (exact) mass is 318 g/mol. The van der Waals surface area contributed by atoms with Crippen LogP contribution in [0.2, 0.25) is 0 Å². The van der Waals surface area contributed by atoms with Gasteiger partial charge in [-0.1, -0.05) is 0 Å². The van der Waals surface area contributed by atoms with E-state index in [4.69, 9.17) is 5.73 Å². The maximum Gasteiger partial charge on any atom is 0.262 e. The van der Waals surface area contributed by atoms with E-state index in [9.17, 15) is 8.42 Å². The number of thiazole rings is 1. The Bertz CT molecular complexity index is 699. The lowest BCUT2D eigenvalue weighted by Gasteiger charge is -2.22. The summed E-state index contributed by atoms with van der Waals surface area (Å²) in [6.45, 7) is 0. The normalized spacial score (nSPS) is 20.6. The molecular formula is C10H14N4O2S3. The summed E-state index contributed by atoms with van der Waals surface area (Å²) < 4.78 is 28.4. The van der Waals surface area contributed by atoms with Gasteiger partial charge in [-0.15, -0.1) is 11.3 Å². The number of fused-ring (bicyclic) bond motifs is 1. The van der Waals surface area contributed by atoms with Gasteiger partial charge in [-0.25, -0.2) is 13.4 Å². The van der Waals surface area contributed by atoms with Crippen LogP contribution in [0, 0.1) is 0 Å². The molecule has 1 aliphatic heterocycles. The Morgan fingerprint density at radius 3 is 3.05 bits per heavy atom. The first-order chi connectivity index (χ1) is 9.01. The van der Waals surface area contributed by atoms with Crippen LogP contribution in [-0.4, -0.2) is 46.7 Å². The quantitative estimate of drug-likeness (QED) is 0.917. The molecule has 1 saturated heterocycles. The van der Waals surface area contributed by atoms with Gasteiger partial charge in [-0.3, -0.25) is 4.40 Å². The predicted molar refractivity (Wildman–Crippen MR) is 78.2 cm³/mol. The van der Waals surface area contributed by atoms with E-state index < -0.39 is 10.0 Å². The number of anilines is 1. The maximum atomic E-state index is 12.7. The lowest BCUT2D eigenvalue weighted by molar-refractivity contribution is 0.393. The van der Waals surface area contributed by atoms with Crippen molar-refractivity contribution in [1.29, 1.82) is 0 Å². The van der Waals surface area contributed by atoms with Gasteiger partial charge in [0.25, 0.3) is 10.0 Å². The van der Waals surface area contributed by atoms with Gasteiger partial charge in [0.15, 0.2) is 15.8 Å². The molecule has 0 aliphatic carbocycles. The highest BCUT2D eigenvalue weighted by molar-refractivity contribution is 7.99. The zero-order chi connectivity index (χ0) is 13.6. The molecule has 1 atom stereocenters. The number of rotatable bonds is 3. The Morgan fingerprint density at radius 1 is 1.58 bits per heavy atom. The third kappa shape index (κ3) is 2.04. The topological polar surface area (TPSA) is 80.7 Å². The molecule has 0 bridgehead atoms. The minimum Gasteiger partial charge on any atom is -0.381 e. The number of imidazole rings is 1. The van der Waals surface area contributed by atoms with Crippen LogP contribution in [0.4, 0.5) is 5.82 Å². The number of thioether (sulfide) groups is 1. The van der Waals surface area contributed by atoms with Crippen LogP contribution >= 0.6 is 23.1 Å². The molecule has 0 aromatic carbocycles. The van der Waals surface area contributed by atoms with Crippen molar-refractivity contribution >= 4 is 43.9 Å². The van der Waals surface area contributed by atoms with Crippen LogP contribution in [-0.2, 0) is 10.0 Å². The standard InChI is InChI=1S/C10H14N4O2S3/c1-13(7-2-4-17-6-7)19(15,16)9-8(11)12-10-14(9)3-5-18-10/h3,5,7H,2,4,6,11H2,1H3. The number of sulfonamides is 1. The van der Waals surface area contributed by atoms with E-state index in [1.165, 1.54) is 15.6 Å². The lowest BCUT2D eigenvalue weighted by Crippen LogP contribution is -2.37. The molecule has 0 radical (unpaired) electrons. The molecule has 0 spiro atoms. The fraction of sp³-hybridized carbons (Fsp3) is 0.500. The Balaban J connectivity index is 2.08. The number of nitrogens with zero attached hydrogens (tertiary/aromatic N) is 3. The van der Waals surface area contributed by atoms with Gasteiger partial charge in [-0.05, 0) is 12.2 Å². The molecule has 1 unspecified atom stereocenters. The van der Waals surface area contributed by atoms with Crippen LogP contribution in [0.1, 0.15) is 6.42 Å². The first-order valence-corrected chi connectivity index (χ1v) is 9.26. The van der Waals surface area contributed by atoms with Crippen LogP contribution in [0.15, 0.2) is 16.6 Å². The van der Waals surface area contributed by atoms with E-state index in [-0.39, 0.29) is 16.9 Å². The summed E-state index contributed by atoms with van der Waals surface area (Å²) in [6.07, 6.45) is 2.57. The van der Waals surface area contributed by atoms with Gasteiger partial charge >= 0.3 is 0 Å². The Kier molecular flexibility index (Phi) is 3.24. The highest BCUT2D eigenvalue weighted by Gasteiger charge is 2.34. The molecule has 0 saturated carbocycles. The number of aromatic nitrogens is 2. The van der Waals surface area contributed by atoms with E-state index in [1.54, 1.807) is 34.8 Å². The molecular weight excluding hydrogens is 304 g/mol. The number of hydrogen-bond donors (Lipinski definition) is 1. The molecule has 104 valence electrons. The number of hydrogen-bond acceptors (Lipinski definition) is 6. The van der Waals surface area contributed by atoms with Crippen molar-refractivity contribution in [3.8, 4) is 0 Å². The fourth-order valence-electron chi connectivity index (χ4n) is 2.18. The smallest absolute Gasteiger partial charge is 0.262 e. The molecule has 6 nitrogen and oxygen atoms in total. The minimum atomic E-state index is -3.60. The first-order valence-electron chi connectivity index (χ1n) is 5.78. The van der Waals surface area contributed by atoms with Gasteiger partial charge in [0.1, 0.15) is 0 Å². The summed E-state index contributed by atoms with van der Waals surface area (Å²) >= 11 is 3.14. The van der Waals surface area contributed by atoms with Crippen LogP contribution < -0.4 is 5.73 Å². The highest BCUT2D eigenvalue weighted by atomic mass is 32.2. The molecule has 3 rings (SSSR count). The molecule has 1 aliphatic rings. The predicted octanol–water partition coefficient (Wildman–Crippen LogP) is 1.10. The SMILES string of the molecule is CN(C1CCSC1)S(=O)(=O)c1c(N)nc2sccn12. The van der Waals surface area contributed by atoms with E-state index in [2.05, 4.69) is 4.98 Å². The molecule has 9 heteroatoms. The Hall–Kier alpha value is -0.770. The van der Waals surface area contributed by atoms with Gasteiger partial charge in [0, 0.05) is 30.4 Å². The van der Waals surface area contributed by atoms with Crippen molar-refractivity contribution in [2.75, 3.05) is 24.3 Å². The minimum absolute atomic E-state index is 0.0404. The largest absolute Gasteiger partial charge is 0.381 e. The van der Waals surface area contributed by atoms with E-state index in [1.807, 2.05) is 0 Å². The maximum absolute atomic E-state index is 12.7. The van der Waals surface area contributed by atoms with Gasteiger partial charge < -0.3 is 5.73 Å². The van der Waals surface area contributed by atoms with Crippen molar-refractivity contribution < 1.29 is 8.42 Å². The van der Waals surface area contributed by atoms with Gasteiger partial charge in [-0.2, -0.15) is 16.1 Å². The Labute approximate surface area is 119 Å². The van der Waals surface area contributed by atoms with E-state index in [0.29, 0.717) is 4.96 Å². The van der Waals surface area contributed by atoms with Crippen LogP contribution in [0.5, 0.6) is 0 Å². The van der Waals surface area contributed by atoms with Crippen molar-refractivity contribution in [2.45, 2.75) is 17.5 Å². The molecule has 2 aromatic heterocycles. The zero-order valence-electron chi connectivity index (χ0n) is 10.3. The average Bonchev–Trinajstić information content (AvgIpc) is 3.01. The third-order valence-corrected chi connectivity index (χ3v) is 7.14. The summed E-state index contributed by atoms with van der Waals surface area (Å²) in [7, 11) is -1.98. The second-order valence-electron chi connectivity index (χ2n) is 4.40. The van der Waals surface area contributed by atoms with Crippen LogP contribution in [0.3, 0.4) is 0 Å². The second kappa shape index (κ2) is 4.65. The summed E-state index contributed by atoms with van der Waals surface area (Å²) in [4.78, 5) is 4.70. The van der Waals surface area contributed by atoms with Gasteiger partial charge in [0.2, 0.25) is 0 Å². The fourth-order valence-corrected chi connectivity index (χ4v) is 5.87. The summed E-state index contributed by atoms with van der Waals surface area (Å²) in [5.41, 5.74) is 5.78. The number of nitrogens with two attached hydrogens (primary N) is 1. The van der Waals surface area contributed by atoms with E-state index in [0.717, 1.165) is 17.9 Å². The highest BCUT2D eigenvalue weighted by Crippen LogP contribution is 2.30. The summed E-state index contributed by atoms with van der Waals surface area (Å²) in [5, 5.41) is 1.88. The molecule has 2 N–H and O–H groups in total. The zero-order valence-corrected chi connectivity index (χ0v) is 12.8. The van der Waals surface area contributed by atoms with Crippen LogP contribution in [0.25, 0.3) is 4.96 Å². The van der Waals surface area contributed by atoms with Crippen molar-refractivity contribution in [1.82, 2.24) is 13.7 Å². The van der Waals surface area contributed by atoms with Crippen molar-refractivity contribution in [3.63, 3.8) is 0 Å². The molecule has 0 amide bonds. The summed E-state index contributed by atoms with van der Waals surface area (Å²) in [5.74, 6) is 1.91. The van der Waals surface area contributed by atoms with Crippen molar-refractivity contribution in [3.05, 3.63) is 11.6 Å². The lowest BCUT2D eigenvalue weighted by atomic mass is 10.3. The van der Waals surface area contributed by atoms with Crippen molar-refractivity contribution in [2.24, 2.45) is 0 Å². The molecule has 1 fully saturated rings. The number of nitrogen functional groups attached to an aromatic ring is 1. The average molecular weight is 318 g/mol. The first kappa shape index (κ1) is 13.2. The molecule has 2 aromatic rings. The Morgan fingerprint density at radius 2 is 2.37 bits per heavy atom. The summed E-state index contributed by atoms with van der Waals surface area (Å²) in [6, 6.07) is 0.0404. The molecule has 19 heavy (non-hydrogen) atoms. The van der Waals surface area contributed by atoms with Gasteiger partial charge in [0.05, 0.1) is 0 Å².